The van der Waals surface area contributed by atoms with Crippen molar-refractivity contribution >= 4 is 45.6 Å². The number of aromatic nitrogens is 2. The van der Waals surface area contributed by atoms with E-state index in [1.54, 1.807) is 29.2 Å². The van der Waals surface area contributed by atoms with Gasteiger partial charge in [-0.25, -0.2) is 0 Å². The van der Waals surface area contributed by atoms with Crippen LogP contribution in [0.25, 0.3) is 0 Å². The monoisotopic (exact) mass is 426 g/mol. The molecule has 3 aromatic rings. The number of nitrogens with zero attached hydrogens (tertiary/aromatic N) is 3. The highest BCUT2D eigenvalue weighted by molar-refractivity contribution is 7.15. The molecule has 0 bridgehead atoms. The molecule has 148 valence electrons. The van der Waals surface area contributed by atoms with Crippen LogP contribution < -0.4 is 10.2 Å². The van der Waals surface area contributed by atoms with Crippen LogP contribution in [0.2, 0.25) is 5.02 Å². The van der Waals surface area contributed by atoms with Crippen LogP contribution in [0.4, 0.5) is 10.8 Å². The fraction of sp³-hybridized carbons (Fsp3) is 0.238. The van der Waals surface area contributed by atoms with Gasteiger partial charge in [0, 0.05) is 35.2 Å². The maximum Gasteiger partial charge on any atom is 0.257 e. The van der Waals surface area contributed by atoms with Gasteiger partial charge in [0.25, 0.3) is 5.91 Å². The molecule has 29 heavy (non-hydrogen) atoms. The highest BCUT2D eigenvalue weighted by Gasteiger charge is 2.34. The maximum absolute atomic E-state index is 12.5. The summed E-state index contributed by atoms with van der Waals surface area (Å²) in [5.41, 5.74) is 2.59. The normalized spacial score (nSPS) is 16.3. The van der Waals surface area contributed by atoms with E-state index >= 15 is 0 Å². The van der Waals surface area contributed by atoms with E-state index < -0.39 is 0 Å². The molecule has 1 saturated heterocycles. The van der Waals surface area contributed by atoms with Crippen LogP contribution in [0.3, 0.4) is 0 Å². The number of anilines is 2. The number of hydrogen-bond donors (Lipinski definition) is 1. The summed E-state index contributed by atoms with van der Waals surface area (Å²) < 4.78 is 0. The number of carbonyl (C=O) groups excluding carboxylic acids is 2. The largest absolute Gasteiger partial charge is 0.312 e. The van der Waals surface area contributed by atoms with E-state index in [1.807, 2.05) is 24.3 Å². The lowest BCUT2D eigenvalue weighted by atomic mass is 10.1. The van der Waals surface area contributed by atoms with Gasteiger partial charge in [0.1, 0.15) is 5.01 Å². The minimum Gasteiger partial charge on any atom is -0.312 e. The molecule has 0 unspecified atom stereocenters. The Balaban J connectivity index is 1.44. The van der Waals surface area contributed by atoms with Crippen molar-refractivity contribution in [3.63, 3.8) is 0 Å². The lowest BCUT2D eigenvalue weighted by Gasteiger charge is -2.16. The summed E-state index contributed by atoms with van der Waals surface area (Å²) in [5, 5.41) is 12.7. The summed E-state index contributed by atoms with van der Waals surface area (Å²) in [6.07, 6.45) is 1.34. The average molecular weight is 427 g/mol. The van der Waals surface area contributed by atoms with Crippen LogP contribution in [0.15, 0.2) is 48.5 Å². The lowest BCUT2D eigenvalue weighted by molar-refractivity contribution is -0.117. The summed E-state index contributed by atoms with van der Waals surface area (Å²) in [5.74, 6) is -0.267. The van der Waals surface area contributed by atoms with Crippen molar-refractivity contribution in [1.29, 1.82) is 0 Å². The molecule has 2 heterocycles. The molecular formula is C21H19ClN4O2S. The average Bonchev–Trinajstić information content (AvgIpc) is 3.34. The highest BCUT2D eigenvalue weighted by Crippen LogP contribution is 2.34. The zero-order chi connectivity index (χ0) is 20.4. The molecule has 0 saturated carbocycles. The first-order valence-corrected chi connectivity index (χ1v) is 10.5. The van der Waals surface area contributed by atoms with Crippen LogP contribution in [0.1, 0.15) is 40.2 Å². The number of nitrogens with one attached hydrogen (secondary N) is 1. The molecule has 0 aliphatic carbocycles. The zero-order valence-corrected chi connectivity index (χ0v) is 17.3. The number of halogens is 1. The number of hydrogen-bond acceptors (Lipinski definition) is 5. The molecule has 0 spiro atoms. The summed E-state index contributed by atoms with van der Waals surface area (Å²) in [6, 6.07) is 14.8. The second-order valence-electron chi connectivity index (χ2n) is 6.84. The molecule has 2 aromatic carbocycles. The van der Waals surface area contributed by atoms with Crippen molar-refractivity contribution in [2.75, 3.05) is 16.8 Å². The Morgan fingerprint density at radius 1 is 1.24 bits per heavy atom. The van der Waals surface area contributed by atoms with Gasteiger partial charge >= 0.3 is 0 Å². The van der Waals surface area contributed by atoms with Crippen LogP contribution >= 0.6 is 22.9 Å². The smallest absolute Gasteiger partial charge is 0.257 e. The second-order valence-corrected chi connectivity index (χ2v) is 8.28. The van der Waals surface area contributed by atoms with Crippen molar-refractivity contribution < 1.29 is 9.59 Å². The first kappa shape index (κ1) is 19.5. The molecule has 1 aliphatic heterocycles. The fourth-order valence-electron chi connectivity index (χ4n) is 3.28. The molecule has 1 aliphatic rings. The van der Waals surface area contributed by atoms with Crippen molar-refractivity contribution in [2.24, 2.45) is 0 Å². The van der Waals surface area contributed by atoms with Crippen molar-refractivity contribution in [1.82, 2.24) is 10.2 Å². The third-order valence-electron chi connectivity index (χ3n) is 4.88. The predicted molar refractivity (Wildman–Crippen MR) is 115 cm³/mol. The Morgan fingerprint density at radius 3 is 2.76 bits per heavy atom. The Bertz CT molecular complexity index is 1050. The Morgan fingerprint density at radius 2 is 2.03 bits per heavy atom. The summed E-state index contributed by atoms with van der Waals surface area (Å²) in [4.78, 5) is 26.6. The van der Waals surface area contributed by atoms with Crippen molar-refractivity contribution in [3.05, 3.63) is 69.7 Å². The molecule has 1 fully saturated rings. The van der Waals surface area contributed by atoms with E-state index in [9.17, 15) is 9.59 Å². The predicted octanol–water partition coefficient (Wildman–Crippen LogP) is 4.53. The van der Waals surface area contributed by atoms with Gasteiger partial charge in [-0.05, 0) is 42.3 Å². The van der Waals surface area contributed by atoms with Crippen LogP contribution in [0, 0.1) is 0 Å². The summed E-state index contributed by atoms with van der Waals surface area (Å²) in [6.45, 7) is 2.66. The maximum atomic E-state index is 12.5. The SMILES string of the molecule is CCc1ccc(N2C[C@H](c3nnc(NC(=O)c4cccc(Cl)c4)s3)CC2=O)cc1. The number of amides is 2. The van der Waals surface area contributed by atoms with E-state index in [2.05, 4.69) is 22.4 Å². The highest BCUT2D eigenvalue weighted by atomic mass is 35.5. The van der Waals surface area contributed by atoms with Gasteiger partial charge in [0.2, 0.25) is 11.0 Å². The standard InChI is InChI=1S/C21H19ClN4O2S/c1-2-13-6-8-17(9-7-13)26-12-15(11-18(26)27)20-24-25-21(29-20)23-19(28)14-4-3-5-16(22)10-14/h3-10,15H,2,11-12H2,1H3,(H,23,25,28)/t15-/m1/s1. The molecule has 6 nitrogen and oxygen atoms in total. The number of carbonyl (C=O) groups is 2. The van der Waals surface area contributed by atoms with E-state index in [0.29, 0.717) is 28.7 Å². The Hall–Kier alpha value is -2.77. The third-order valence-corrected chi connectivity index (χ3v) is 6.11. The van der Waals surface area contributed by atoms with Crippen LogP contribution in [0.5, 0.6) is 0 Å². The third kappa shape index (κ3) is 4.31. The van der Waals surface area contributed by atoms with Crippen LogP contribution in [-0.4, -0.2) is 28.6 Å². The van der Waals surface area contributed by atoms with Crippen LogP contribution in [-0.2, 0) is 11.2 Å². The molecule has 8 heteroatoms. The first-order chi connectivity index (χ1) is 14.0. The summed E-state index contributed by atoms with van der Waals surface area (Å²) >= 11 is 7.23. The molecule has 2 amide bonds. The van der Waals surface area contributed by atoms with Gasteiger partial charge in [-0.1, -0.05) is 48.1 Å². The second kappa shape index (κ2) is 8.31. The van der Waals surface area contributed by atoms with Gasteiger partial charge in [0.15, 0.2) is 0 Å². The Labute approximate surface area is 177 Å². The van der Waals surface area contributed by atoms with E-state index in [4.69, 9.17) is 11.6 Å². The van der Waals surface area contributed by atoms with Crippen molar-refractivity contribution in [3.8, 4) is 0 Å². The van der Waals surface area contributed by atoms with Crippen molar-refractivity contribution in [2.45, 2.75) is 25.7 Å². The number of rotatable bonds is 5. The fourth-order valence-corrected chi connectivity index (χ4v) is 4.30. The Kier molecular flexibility index (Phi) is 5.60. The van der Waals surface area contributed by atoms with Gasteiger partial charge in [-0.2, -0.15) is 0 Å². The van der Waals surface area contributed by atoms with E-state index in [1.165, 1.54) is 16.9 Å². The topological polar surface area (TPSA) is 75.2 Å². The molecule has 0 radical (unpaired) electrons. The van der Waals surface area contributed by atoms with Gasteiger partial charge in [0.05, 0.1) is 0 Å². The summed E-state index contributed by atoms with van der Waals surface area (Å²) in [7, 11) is 0. The van der Waals surface area contributed by atoms with Gasteiger partial charge in [-0.15, -0.1) is 10.2 Å². The lowest BCUT2D eigenvalue weighted by Crippen LogP contribution is -2.24. The first-order valence-electron chi connectivity index (χ1n) is 9.33. The molecular weight excluding hydrogens is 408 g/mol. The minimum absolute atomic E-state index is 0.0392. The molecule has 1 aromatic heterocycles. The van der Waals surface area contributed by atoms with Gasteiger partial charge < -0.3 is 4.90 Å². The van der Waals surface area contributed by atoms with E-state index in [0.717, 1.165) is 17.1 Å². The van der Waals surface area contributed by atoms with Gasteiger partial charge in [-0.3, -0.25) is 14.9 Å². The number of benzene rings is 2. The quantitative estimate of drug-likeness (QED) is 0.650. The minimum atomic E-state index is -0.296. The number of aryl methyl sites for hydroxylation is 1. The van der Waals surface area contributed by atoms with E-state index in [-0.39, 0.29) is 17.7 Å². The zero-order valence-electron chi connectivity index (χ0n) is 15.8. The molecule has 1 N–H and O–H groups in total. The molecule has 4 rings (SSSR count). The molecule has 1 atom stereocenters.